The summed E-state index contributed by atoms with van der Waals surface area (Å²) in [7, 11) is 0. The van der Waals surface area contributed by atoms with Crippen LogP contribution in [0.25, 0.3) is 0 Å². The van der Waals surface area contributed by atoms with E-state index in [9.17, 15) is 9.18 Å². The lowest BCUT2D eigenvalue weighted by molar-refractivity contribution is -0.123. The zero-order valence-electron chi connectivity index (χ0n) is 13.1. The Bertz CT molecular complexity index is 931. The largest absolute Gasteiger partial charge is 0.437 e. The monoisotopic (exact) mass is 336 g/mol. The maximum atomic E-state index is 13.9. The first kappa shape index (κ1) is 15.1. The molecule has 5 nitrogen and oxygen atoms in total. The van der Waals surface area contributed by atoms with Crippen molar-refractivity contribution < 1.29 is 18.8 Å². The lowest BCUT2D eigenvalue weighted by atomic mass is 10.1. The summed E-state index contributed by atoms with van der Waals surface area (Å²) < 4.78 is 19.6. The molecule has 0 fully saturated rings. The number of nitrogens with zero attached hydrogens (tertiary/aromatic N) is 2. The Hall–Kier alpha value is -3.41. The zero-order valence-corrected chi connectivity index (χ0v) is 13.1. The Morgan fingerprint density at radius 1 is 1.04 bits per heavy atom. The van der Waals surface area contributed by atoms with Crippen molar-refractivity contribution in [2.24, 2.45) is 0 Å². The van der Waals surface area contributed by atoms with Crippen molar-refractivity contribution in [2.75, 3.05) is 5.06 Å². The van der Waals surface area contributed by atoms with Crippen LogP contribution < -0.4 is 14.6 Å². The first-order valence-electron chi connectivity index (χ1n) is 7.68. The highest BCUT2D eigenvalue weighted by Gasteiger charge is 2.30. The SMILES string of the molecule is O=C1Cc2c(F)cccc2ON1c1cccnc1Oc1ccccc1. The average molecular weight is 336 g/mol. The van der Waals surface area contributed by atoms with Gasteiger partial charge in [-0.1, -0.05) is 24.3 Å². The van der Waals surface area contributed by atoms with Gasteiger partial charge in [-0.25, -0.2) is 9.37 Å². The molecule has 0 unspecified atom stereocenters. The van der Waals surface area contributed by atoms with Crippen LogP contribution in [0.1, 0.15) is 5.56 Å². The number of para-hydroxylation sites is 1. The predicted octanol–water partition coefficient (Wildman–Crippen LogP) is 3.90. The van der Waals surface area contributed by atoms with E-state index in [1.807, 2.05) is 18.2 Å². The smallest absolute Gasteiger partial charge is 0.264 e. The molecule has 4 rings (SSSR count). The molecule has 1 aliphatic heterocycles. The van der Waals surface area contributed by atoms with E-state index in [1.165, 1.54) is 12.1 Å². The van der Waals surface area contributed by atoms with E-state index in [1.54, 1.807) is 36.5 Å². The Morgan fingerprint density at radius 2 is 1.88 bits per heavy atom. The van der Waals surface area contributed by atoms with Crippen LogP contribution in [0.3, 0.4) is 0 Å². The van der Waals surface area contributed by atoms with Crippen LogP contribution in [0, 0.1) is 5.82 Å². The molecule has 0 atom stereocenters. The van der Waals surface area contributed by atoms with Crippen molar-refractivity contribution in [3.05, 3.63) is 78.2 Å². The fourth-order valence-electron chi connectivity index (χ4n) is 2.57. The molecule has 25 heavy (non-hydrogen) atoms. The number of pyridine rings is 1. The van der Waals surface area contributed by atoms with Crippen molar-refractivity contribution in [1.29, 1.82) is 0 Å². The summed E-state index contributed by atoms with van der Waals surface area (Å²) in [4.78, 5) is 22.3. The van der Waals surface area contributed by atoms with E-state index in [2.05, 4.69) is 4.98 Å². The normalized spacial score (nSPS) is 13.2. The molecule has 6 heteroatoms. The molecule has 0 saturated carbocycles. The summed E-state index contributed by atoms with van der Waals surface area (Å²) in [5.74, 6) is 0.246. The predicted molar refractivity (Wildman–Crippen MR) is 89.0 cm³/mol. The number of halogens is 1. The van der Waals surface area contributed by atoms with E-state index in [0.717, 1.165) is 5.06 Å². The summed E-state index contributed by atoms with van der Waals surface area (Å²) in [5.41, 5.74) is 0.601. The number of hydrogen-bond donors (Lipinski definition) is 0. The van der Waals surface area contributed by atoms with Crippen LogP contribution in [0.2, 0.25) is 0 Å². The summed E-state index contributed by atoms with van der Waals surface area (Å²) in [6.45, 7) is 0. The minimum Gasteiger partial charge on any atom is -0.437 e. The van der Waals surface area contributed by atoms with Crippen LogP contribution >= 0.6 is 0 Å². The fourth-order valence-corrected chi connectivity index (χ4v) is 2.57. The van der Waals surface area contributed by atoms with Gasteiger partial charge in [0.1, 0.15) is 17.3 Å². The first-order chi connectivity index (χ1) is 12.2. The number of amides is 1. The minimum atomic E-state index is -0.461. The van der Waals surface area contributed by atoms with E-state index in [4.69, 9.17) is 9.57 Å². The van der Waals surface area contributed by atoms with Crippen molar-refractivity contribution in [3.8, 4) is 17.4 Å². The second-order valence-electron chi connectivity index (χ2n) is 5.42. The number of ether oxygens (including phenoxy) is 1. The number of hydroxylamine groups is 1. The Kier molecular flexibility index (Phi) is 3.78. The lowest BCUT2D eigenvalue weighted by Gasteiger charge is -2.28. The van der Waals surface area contributed by atoms with Gasteiger partial charge in [-0.2, -0.15) is 0 Å². The van der Waals surface area contributed by atoms with Gasteiger partial charge < -0.3 is 9.57 Å². The number of anilines is 1. The minimum absolute atomic E-state index is 0.0956. The summed E-state index contributed by atoms with van der Waals surface area (Å²) in [6, 6.07) is 16.9. The van der Waals surface area contributed by atoms with Gasteiger partial charge in [-0.15, -0.1) is 5.06 Å². The van der Waals surface area contributed by atoms with Crippen molar-refractivity contribution in [1.82, 2.24) is 4.98 Å². The maximum Gasteiger partial charge on any atom is 0.264 e. The standard InChI is InChI=1S/C19H13FN2O3/c20-15-8-4-10-17-14(15)12-18(23)22(25-17)16-9-5-11-21-19(16)24-13-6-2-1-3-7-13/h1-11H,12H2. The topological polar surface area (TPSA) is 51.7 Å². The van der Waals surface area contributed by atoms with Crippen molar-refractivity contribution in [3.63, 3.8) is 0 Å². The van der Waals surface area contributed by atoms with Gasteiger partial charge in [0.15, 0.2) is 5.75 Å². The first-order valence-corrected chi connectivity index (χ1v) is 7.68. The fraction of sp³-hybridized carbons (Fsp3) is 0.0526. The summed E-state index contributed by atoms with van der Waals surface area (Å²) in [5, 5.41) is 1.09. The van der Waals surface area contributed by atoms with Gasteiger partial charge in [0.25, 0.3) is 5.91 Å². The molecule has 1 aliphatic rings. The van der Waals surface area contributed by atoms with Crippen LogP contribution in [-0.2, 0) is 11.2 Å². The Balaban J connectivity index is 1.70. The Labute approximate surface area is 143 Å². The highest BCUT2D eigenvalue weighted by atomic mass is 19.1. The van der Waals surface area contributed by atoms with Gasteiger partial charge in [0.2, 0.25) is 5.88 Å². The second-order valence-corrected chi connectivity index (χ2v) is 5.42. The lowest BCUT2D eigenvalue weighted by Crippen LogP contribution is -2.39. The Morgan fingerprint density at radius 3 is 2.72 bits per heavy atom. The van der Waals surface area contributed by atoms with E-state index in [0.29, 0.717) is 17.2 Å². The van der Waals surface area contributed by atoms with Crippen LogP contribution in [0.5, 0.6) is 17.4 Å². The van der Waals surface area contributed by atoms with Crippen molar-refractivity contribution >= 4 is 11.6 Å². The number of rotatable bonds is 3. The molecular formula is C19H13FN2O3. The molecule has 2 aromatic carbocycles. The molecular weight excluding hydrogens is 323 g/mol. The molecule has 3 aromatic rings. The molecule has 0 bridgehead atoms. The highest BCUT2D eigenvalue weighted by Crippen LogP contribution is 2.35. The summed E-state index contributed by atoms with van der Waals surface area (Å²) in [6.07, 6.45) is 1.46. The van der Waals surface area contributed by atoms with Gasteiger partial charge >= 0.3 is 0 Å². The molecule has 2 heterocycles. The van der Waals surface area contributed by atoms with E-state index < -0.39 is 11.7 Å². The van der Waals surface area contributed by atoms with Crippen LogP contribution in [0.4, 0.5) is 10.1 Å². The summed E-state index contributed by atoms with van der Waals surface area (Å²) >= 11 is 0. The highest BCUT2D eigenvalue weighted by molar-refractivity contribution is 5.96. The number of carbonyl (C=O) groups is 1. The number of fused-ring (bicyclic) bond motifs is 1. The number of benzene rings is 2. The van der Waals surface area contributed by atoms with Crippen LogP contribution in [0.15, 0.2) is 66.9 Å². The van der Waals surface area contributed by atoms with Gasteiger partial charge in [0, 0.05) is 11.8 Å². The van der Waals surface area contributed by atoms with E-state index in [-0.39, 0.29) is 17.9 Å². The zero-order chi connectivity index (χ0) is 17.2. The molecule has 124 valence electrons. The average Bonchev–Trinajstić information content (AvgIpc) is 2.64. The molecule has 0 spiro atoms. The quantitative estimate of drug-likeness (QED) is 0.728. The third-order valence-electron chi connectivity index (χ3n) is 3.75. The molecule has 0 N–H and O–H groups in total. The van der Waals surface area contributed by atoms with Gasteiger partial charge in [0.05, 0.1) is 6.42 Å². The maximum absolute atomic E-state index is 13.9. The molecule has 0 saturated heterocycles. The van der Waals surface area contributed by atoms with Gasteiger partial charge in [-0.3, -0.25) is 4.79 Å². The van der Waals surface area contributed by atoms with E-state index >= 15 is 0 Å². The number of aromatic nitrogens is 1. The molecule has 0 aliphatic carbocycles. The molecule has 0 radical (unpaired) electrons. The molecule has 1 amide bonds. The molecule has 1 aromatic heterocycles. The third-order valence-corrected chi connectivity index (χ3v) is 3.75. The second kappa shape index (κ2) is 6.24. The number of hydrogen-bond acceptors (Lipinski definition) is 4. The van der Waals surface area contributed by atoms with Gasteiger partial charge in [-0.05, 0) is 36.4 Å². The number of carbonyl (C=O) groups excluding carboxylic acids is 1. The third kappa shape index (κ3) is 2.89. The van der Waals surface area contributed by atoms with Crippen LogP contribution in [-0.4, -0.2) is 10.9 Å². The van der Waals surface area contributed by atoms with Crippen molar-refractivity contribution in [2.45, 2.75) is 6.42 Å².